The summed E-state index contributed by atoms with van der Waals surface area (Å²) < 4.78 is 24.0. The molecule has 2 aromatic carbocycles. The van der Waals surface area contributed by atoms with E-state index in [9.17, 15) is 9.59 Å². The summed E-state index contributed by atoms with van der Waals surface area (Å²) in [6, 6.07) is 12.2. The van der Waals surface area contributed by atoms with Gasteiger partial charge in [0.05, 0.1) is 42.7 Å². The van der Waals surface area contributed by atoms with Gasteiger partial charge in [-0.05, 0) is 54.8 Å². The van der Waals surface area contributed by atoms with Crippen LogP contribution >= 0.6 is 11.3 Å². The van der Waals surface area contributed by atoms with Crippen LogP contribution in [-0.4, -0.2) is 38.0 Å². The molecule has 204 valence electrons. The van der Waals surface area contributed by atoms with Gasteiger partial charge in [-0.3, -0.25) is 9.36 Å². The molecule has 1 aliphatic rings. The molecule has 1 aromatic heterocycles. The van der Waals surface area contributed by atoms with Crippen LogP contribution in [0.15, 0.2) is 76.2 Å². The fourth-order valence-electron chi connectivity index (χ4n) is 4.29. The van der Waals surface area contributed by atoms with E-state index in [0.717, 1.165) is 29.7 Å². The van der Waals surface area contributed by atoms with Gasteiger partial charge in [-0.2, -0.15) is 0 Å². The molecule has 2 heterocycles. The van der Waals surface area contributed by atoms with Crippen molar-refractivity contribution in [1.29, 1.82) is 0 Å². The molecule has 0 saturated carbocycles. The van der Waals surface area contributed by atoms with Crippen molar-refractivity contribution < 1.29 is 23.7 Å². The van der Waals surface area contributed by atoms with Gasteiger partial charge in [0, 0.05) is 0 Å². The number of ether oxygens (including phenoxy) is 4. The third-order valence-corrected chi connectivity index (χ3v) is 7.22. The fourth-order valence-corrected chi connectivity index (χ4v) is 5.33. The molecule has 0 saturated heterocycles. The van der Waals surface area contributed by atoms with Crippen molar-refractivity contribution in [1.82, 2.24) is 4.57 Å². The Kier molecular flexibility index (Phi) is 9.03. The highest BCUT2D eigenvalue weighted by atomic mass is 32.1. The number of aromatic nitrogens is 1. The maximum atomic E-state index is 13.8. The minimum atomic E-state index is -0.712. The number of allylic oxidation sites excluding steroid dienone is 1. The number of thiazole rings is 1. The minimum Gasteiger partial charge on any atom is -0.494 e. The van der Waals surface area contributed by atoms with Crippen LogP contribution in [-0.2, 0) is 9.53 Å². The summed E-state index contributed by atoms with van der Waals surface area (Å²) >= 11 is 1.26. The fraction of sp³-hybridized carbons (Fsp3) is 0.300. The largest absolute Gasteiger partial charge is 0.494 e. The number of fused-ring (bicyclic) bond motifs is 1. The highest BCUT2D eigenvalue weighted by molar-refractivity contribution is 7.07. The smallest absolute Gasteiger partial charge is 0.338 e. The van der Waals surface area contributed by atoms with Crippen LogP contribution in [0.2, 0.25) is 0 Å². The molecule has 0 fully saturated rings. The lowest BCUT2D eigenvalue weighted by molar-refractivity contribution is -0.138. The maximum Gasteiger partial charge on any atom is 0.338 e. The summed E-state index contributed by atoms with van der Waals surface area (Å²) in [7, 11) is 3.13. The van der Waals surface area contributed by atoms with Gasteiger partial charge in [-0.15, -0.1) is 0 Å². The van der Waals surface area contributed by atoms with E-state index in [4.69, 9.17) is 18.9 Å². The van der Waals surface area contributed by atoms with Gasteiger partial charge in [0.25, 0.3) is 5.56 Å². The van der Waals surface area contributed by atoms with Crippen LogP contribution in [0.1, 0.15) is 43.9 Å². The molecule has 4 rings (SSSR count). The molecule has 0 bridgehead atoms. The van der Waals surface area contributed by atoms with Crippen LogP contribution in [0.25, 0.3) is 6.08 Å². The second-order valence-corrected chi connectivity index (χ2v) is 9.86. The van der Waals surface area contributed by atoms with Crippen LogP contribution in [0.5, 0.6) is 17.2 Å². The van der Waals surface area contributed by atoms with Crippen molar-refractivity contribution in [3.63, 3.8) is 0 Å². The first-order chi connectivity index (χ1) is 18.9. The molecule has 0 aliphatic carbocycles. The van der Waals surface area contributed by atoms with Gasteiger partial charge >= 0.3 is 5.97 Å². The number of hydrogen-bond acceptors (Lipinski definition) is 8. The second-order valence-electron chi connectivity index (χ2n) is 8.85. The number of nitrogens with zero attached hydrogens (tertiary/aromatic N) is 2. The third-order valence-electron chi connectivity index (χ3n) is 6.24. The first-order valence-corrected chi connectivity index (χ1v) is 13.5. The average Bonchev–Trinajstić information content (AvgIpc) is 3.25. The topological polar surface area (TPSA) is 88.4 Å². The number of methoxy groups -OCH3 is 2. The molecule has 1 atom stereocenters. The van der Waals surface area contributed by atoms with Crippen LogP contribution in [0.3, 0.4) is 0 Å². The zero-order valence-electron chi connectivity index (χ0n) is 22.6. The number of unbranched alkanes of at least 4 members (excludes halogenated alkanes) is 1. The Labute approximate surface area is 231 Å². The molecule has 0 spiro atoms. The van der Waals surface area contributed by atoms with E-state index in [1.54, 1.807) is 43.9 Å². The summed E-state index contributed by atoms with van der Waals surface area (Å²) in [5, 5.41) is 0. The van der Waals surface area contributed by atoms with Crippen LogP contribution in [0, 0.1) is 0 Å². The number of carbonyl (C=O) groups is 1. The lowest BCUT2D eigenvalue weighted by Gasteiger charge is -2.24. The Bertz CT molecular complexity index is 1570. The van der Waals surface area contributed by atoms with E-state index in [1.807, 2.05) is 30.3 Å². The number of benzene rings is 2. The predicted molar refractivity (Wildman–Crippen MR) is 151 cm³/mol. The zero-order chi connectivity index (χ0) is 27.9. The monoisotopic (exact) mass is 548 g/mol. The Morgan fingerprint density at radius 1 is 1.13 bits per heavy atom. The van der Waals surface area contributed by atoms with Gasteiger partial charge in [0.1, 0.15) is 12.4 Å². The average molecular weight is 549 g/mol. The Morgan fingerprint density at radius 3 is 2.54 bits per heavy atom. The van der Waals surface area contributed by atoms with Gasteiger partial charge in [-0.25, -0.2) is 9.79 Å². The molecular formula is C30H32N2O6S. The third kappa shape index (κ3) is 5.98. The molecular weight excluding hydrogens is 516 g/mol. The first kappa shape index (κ1) is 27.9. The van der Waals surface area contributed by atoms with E-state index < -0.39 is 12.0 Å². The van der Waals surface area contributed by atoms with Gasteiger partial charge in [0.2, 0.25) is 0 Å². The van der Waals surface area contributed by atoms with Crippen molar-refractivity contribution in [2.45, 2.75) is 32.7 Å². The molecule has 9 heteroatoms. The van der Waals surface area contributed by atoms with Crippen LogP contribution < -0.4 is 29.1 Å². The highest BCUT2D eigenvalue weighted by Gasteiger charge is 2.33. The van der Waals surface area contributed by atoms with E-state index >= 15 is 0 Å². The van der Waals surface area contributed by atoms with Crippen molar-refractivity contribution in [3.05, 3.63) is 97.2 Å². The lowest BCUT2D eigenvalue weighted by atomic mass is 9.96. The van der Waals surface area contributed by atoms with Crippen molar-refractivity contribution in [3.8, 4) is 17.2 Å². The molecule has 3 aromatic rings. The zero-order valence-corrected chi connectivity index (χ0v) is 23.4. The normalized spacial score (nSPS) is 14.9. The number of carbonyl (C=O) groups excluding carboxylic acids is 1. The first-order valence-electron chi connectivity index (χ1n) is 12.7. The standard InChI is InChI=1S/C30H32N2O6S/c1-6-8-16-37-22-12-10-21(11-13-22)27-26(29(34)38-15-7-2)19(3)31-30-32(27)28(33)25(39-30)18-20-9-14-23(35-4)24(17-20)36-5/h7,9-14,17-18,27H,2,6,8,15-16H2,1,3-5H3. The maximum absolute atomic E-state index is 13.8. The van der Waals surface area contributed by atoms with Crippen molar-refractivity contribution in [2.75, 3.05) is 27.4 Å². The summed E-state index contributed by atoms with van der Waals surface area (Å²) in [6.45, 7) is 8.16. The second kappa shape index (κ2) is 12.6. The van der Waals surface area contributed by atoms with E-state index in [1.165, 1.54) is 17.4 Å². The van der Waals surface area contributed by atoms with E-state index in [0.29, 0.717) is 38.7 Å². The molecule has 0 amide bonds. The Balaban J connectivity index is 1.83. The SMILES string of the molecule is C=CCOC(=O)C1=C(C)N=c2sc(=Cc3ccc(OC)c(OC)c3)c(=O)n2C1c1ccc(OCCCC)cc1. The summed E-state index contributed by atoms with van der Waals surface area (Å²) in [6.07, 6.45) is 5.28. The Morgan fingerprint density at radius 2 is 1.87 bits per heavy atom. The molecule has 1 aliphatic heterocycles. The van der Waals surface area contributed by atoms with E-state index in [-0.39, 0.29) is 12.2 Å². The van der Waals surface area contributed by atoms with Gasteiger partial charge in [-0.1, -0.05) is 55.5 Å². The number of esters is 1. The quantitative estimate of drug-likeness (QED) is 0.203. The number of hydrogen-bond donors (Lipinski definition) is 0. The minimum absolute atomic E-state index is 0.0518. The predicted octanol–water partition coefficient (Wildman–Crippen LogP) is 4.16. The molecule has 0 N–H and O–H groups in total. The van der Waals surface area contributed by atoms with Crippen LogP contribution in [0.4, 0.5) is 0 Å². The van der Waals surface area contributed by atoms with Gasteiger partial charge in [0.15, 0.2) is 16.3 Å². The summed E-state index contributed by atoms with van der Waals surface area (Å²) in [5.41, 5.74) is 2.06. The van der Waals surface area contributed by atoms with Crippen molar-refractivity contribution in [2.24, 2.45) is 4.99 Å². The number of rotatable bonds is 11. The highest BCUT2D eigenvalue weighted by Crippen LogP contribution is 2.32. The van der Waals surface area contributed by atoms with E-state index in [2.05, 4.69) is 18.5 Å². The molecule has 39 heavy (non-hydrogen) atoms. The van der Waals surface area contributed by atoms with Gasteiger partial charge < -0.3 is 18.9 Å². The molecule has 8 nitrogen and oxygen atoms in total. The van der Waals surface area contributed by atoms with Crippen molar-refractivity contribution >= 4 is 23.4 Å². The molecule has 1 unspecified atom stereocenters. The molecule has 0 radical (unpaired) electrons. The summed E-state index contributed by atoms with van der Waals surface area (Å²) in [5.74, 6) is 1.33. The Hall–Kier alpha value is -4.11. The lowest BCUT2D eigenvalue weighted by Crippen LogP contribution is -2.39. The summed E-state index contributed by atoms with van der Waals surface area (Å²) in [4.78, 5) is 32.1.